The second kappa shape index (κ2) is 9.72. The lowest BCUT2D eigenvalue weighted by Crippen LogP contribution is -2.26. The van der Waals surface area contributed by atoms with Crippen molar-refractivity contribution in [3.8, 4) is 0 Å². The molecule has 35 heavy (non-hydrogen) atoms. The van der Waals surface area contributed by atoms with Crippen molar-refractivity contribution in [1.82, 2.24) is 0 Å². The molecule has 0 N–H and O–H groups in total. The number of hydrogen-bond acceptors (Lipinski definition) is 3. The molecular weight excluding hydrogens is 502 g/mol. The topological polar surface area (TPSA) is 46.6 Å². The third kappa shape index (κ3) is 4.43. The van der Waals surface area contributed by atoms with Gasteiger partial charge in [-0.15, -0.1) is 0 Å². The fourth-order valence-electron chi connectivity index (χ4n) is 4.48. The van der Waals surface area contributed by atoms with Gasteiger partial charge in [-0.2, -0.15) is 0 Å². The van der Waals surface area contributed by atoms with E-state index in [9.17, 15) is 9.59 Å². The molecule has 0 radical (unpaired) electrons. The lowest BCUT2D eigenvalue weighted by atomic mass is 9.90. The molecule has 5 heteroatoms. The molecule has 1 aliphatic rings. The van der Waals surface area contributed by atoms with E-state index in [-0.39, 0.29) is 5.91 Å². The van der Waals surface area contributed by atoms with Crippen LogP contribution in [0, 0.1) is 0 Å². The minimum Gasteiger partial charge on any atom is -0.465 e. The van der Waals surface area contributed by atoms with Crippen molar-refractivity contribution in [1.29, 1.82) is 0 Å². The second-order valence-electron chi connectivity index (χ2n) is 8.23. The summed E-state index contributed by atoms with van der Waals surface area (Å²) in [5, 5.41) is 0. The number of rotatable bonds is 5. The molecule has 4 aromatic carbocycles. The van der Waals surface area contributed by atoms with Crippen LogP contribution in [-0.2, 0) is 16.1 Å². The Bertz CT molecular complexity index is 1460. The first kappa shape index (κ1) is 22.8. The summed E-state index contributed by atoms with van der Waals surface area (Å²) in [6.07, 6.45) is 0. The maximum absolute atomic E-state index is 14.1. The largest absolute Gasteiger partial charge is 0.465 e. The molecular formula is C30H22BrNO3. The fraction of sp³-hybridized carbons (Fsp3) is 0.0667. The number of fused-ring (bicyclic) bond motifs is 1. The van der Waals surface area contributed by atoms with Gasteiger partial charge < -0.3 is 9.64 Å². The Balaban J connectivity index is 1.67. The van der Waals surface area contributed by atoms with Crippen LogP contribution in [0.15, 0.2) is 108 Å². The highest BCUT2D eigenvalue weighted by Gasteiger charge is 2.35. The monoisotopic (exact) mass is 523 g/mol. The average Bonchev–Trinajstić information content (AvgIpc) is 3.16. The Labute approximate surface area is 212 Å². The van der Waals surface area contributed by atoms with Gasteiger partial charge in [0.05, 0.1) is 30.5 Å². The number of anilines is 1. The van der Waals surface area contributed by atoms with Gasteiger partial charge in [0, 0.05) is 15.6 Å². The average molecular weight is 524 g/mol. The number of carbonyl (C=O) groups excluding carboxylic acids is 2. The number of carbonyl (C=O) groups is 2. The Morgan fingerprint density at radius 3 is 2.26 bits per heavy atom. The summed E-state index contributed by atoms with van der Waals surface area (Å²) in [7, 11) is 1.36. The highest BCUT2D eigenvalue weighted by Crippen LogP contribution is 2.43. The molecule has 0 fully saturated rings. The predicted molar refractivity (Wildman–Crippen MR) is 142 cm³/mol. The number of nitrogens with zero attached hydrogens (tertiary/aromatic N) is 1. The minimum absolute atomic E-state index is 0.0755. The first-order valence-corrected chi connectivity index (χ1v) is 12.0. The summed E-state index contributed by atoms with van der Waals surface area (Å²) in [6, 6.07) is 33.1. The molecule has 0 atom stereocenters. The Hall–Kier alpha value is -3.96. The van der Waals surface area contributed by atoms with E-state index in [1.807, 2.05) is 91.0 Å². The number of para-hydroxylation sites is 1. The van der Waals surface area contributed by atoms with Gasteiger partial charge in [0.1, 0.15) is 0 Å². The van der Waals surface area contributed by atoms with Crippen molar-refractivity contribution in [2.24, 2.45) is 0 Å². The zero-order chi connectivity index (χ0) is 24.4. The quantitative estimate of drug-likeness (QED) is 0.215. The first-order chi connectivity index (χ1) is 17.1. The molecule has 0 unspecified atom stereocenters. The van der Waals surface area contributed by atoms with Crippen molar-refractivity contribution >= 4 is 44.6 Å². The van der Waals surface area contributed by atoms with Crippen LogP contribution in [0.3, 0.4) is 0 Å². The van der Waals surface area contributed by atoms with Crippen LogP contribution in [0.2, 0.25) is 0 Å². The summed E-state index contributed by atoms with van der Waals surface area (Å²) in [5.41, 5.74) is 6.52. The van der Waals surface area contributed by atoms with Gasteiger partial charge in [0.15, 0.2) is 0 Å². The lowest BCUT2D eigenvalue weighted by molar-refractivity contribution is -0.113. The van der Waals surface area contributed by atoms with Crippen molar-refractivity contribution < 1.29 is 14.3 Å². The summed E-state index contributed by atoms with van der Waals surface area (Å²) in [5.74, 6) is -0.477. The van der Waals surface area contributed by atoms with Crippen LogP contribution in [0.4, 0.5) is 5.69 Å². The van der Waals surface area contributed by atoms with E-state index >= 15 is 0 Å². The van der Waals surface area contributed by atoms with E-state index < -0.39 is 5.97 Å². The highest BCUT2D eigenvalue weighted by atomic mass is 79.9. The standard InChI is InChI=1S/C30H22BrNO3/c1-35-30(34)23-13-7-9-20(17-23)19-32-26-16-6-5-15-25(26)28(29(32)33)27(21-10-3-2-4-11-21)22-12-8-14-24(31)18-22/h2-18H,19H2,1H3/b28-27+. The van der Waals surface area contributed by atoms with Gasteiger partial charge in [-0.05, 0) is 47.0 Å². The number of hydrogen-bond donors (Lipinski definition) is 0. The molecule has 4 aromatic rings. The van der Waals surface area contributed by atoms with Gasteiger partial charge in [-0.1, -0.05) is 88.7 Å². The zero-order valence-corrected chi connectivity index (χ0v) is 20.7. The molecule has 0 bridgehead atoms. The van der Waals surface area contributed by atoms with E-state index in [2.05, 4.69) is 15.9 Å². The maximum Gasteiger partial charge on any atom is 0.337 e. The molecule has 0 saturated heterocycles. The summed E-state index contributed by atoms with van der Waals surface area (Å²) in [4.78, 5) is 27.9. The minimum atomic E-state index is -0.401. The molecule has 1 amide bonds. The fourth-order valence-corrected chi connectivity index (χ4v) is 4.88. The third-order valence-corrected chi connectivity index (χ3v) is 6.53. The lowest BCUT2D eigenvalue weighted by Gasteiger charge is -2.18. The van der Waals surface area contributed by atoms with Crippen LogP contribution < -0.4 is 4.90 Å². The molecule has 0 aromatic heterocycles. The van der Waals surface area contributed by atoms with E-state index in [1.165, 1.54) is 7.11 Å². The number of benzene rings is 4. The molecule has 0 spiro atoms. The smallest absolute Gasteiger partial charge is 0.337 e. The van der Waals surface area contributed by atoms with E-state index in [0.29, 0.717) is 17.7 Å². The van der Waals surface area contributed by atoms with Gasteiger partial charge in [0.2, 0.25) is 0 Å². The second-order valence-corrected chi connectivity index (χ2v) is 9.14. The van der Waals surface area contributed by atoms with Crippen molar-refractivity contribution in [3.05, 3.63) is 135 Å². The highest BCUT2D eigenvalue weighted by molar-refractivity contribution is 9.10. The molecule has 1 heterocycles. The summed E-state index contributed by atoms with van der Waals surface area (Å²) in [6.45, 7) is 0.338. The normalized spacial score (nSPS) is 14.0. The van der Waals surface area contributed by atoms with Gasteiger partial charge >= 0.3 is 5.97 Å². The van der Waals surface area contributed by atoms with Crippen molar-refractivity contribution in [3.63, 3.8) is 0 Å². The number of halogens is 1. The molecule has 5 rings (SSSR count). The Morgan fingerprint density at radius 2 is 1.49 bits per heavy atom. The van der Waals surface area contributed by atoms with Crippen molar-refractivity contribution in [2.45, 2.75) is 6.54 Å². The third-order valence-electron chi connectivity index (χ3n) is 6.04. The van der Waals surface area contributed by atoms with Crippen LogP contribution in [0.5, 0.6) is 0 Å². The van der Waals surface area contributed by atoms with E-state index in [1.54, 1.807) is 17.0 Å². The maximum atomic E-state index is 14.1. The SMILES string of the molecule is COC(=O)c1cccc(CN2C(=O)/C(=C(\c3ccccc3)c3cccc(Br)c3)c3ccccc32)c1. The van der Waals surface area contributed by atoms with E-state index in [4.69, 9.17) is 4.74 Å². The predicted octanol–water partition coefficient (Wildman–Crippen LogP) is 6.74. The summed E-state index contributed by atoms with van der Waals surface area (Å²) >= 11 is 3.58. The number of methoxy groups -OCH3 is 1. The Kier molecular flexibility index (Phi) is 6.34. The molecule has 4 nitrogen and oxygen atoms in total. The first-order valence-electron chi connectivity index (χ1n) is 11.2. The van der Waals surface area contributed by atoms with E-state index in [0.717, 1.165) is 38.0 Å². The molecule has 0 saturated carbocycles. The molecule has 172 valence electrons. The van der Waals surface area contributed by atoms with Crippen LogP contribution in [0.1, 0.15) is 32.6 Å². The van der Waals surface area contributed by atoms with Gasteiger partial charge in [-0.3, -0.25) is 4.79 Å². The van der Waals surface area contributed by atoms with Gasteiger partial charge in [0.25, 0.3) is 5.91 Å². The van der Waals surface area contributed by atoms with Crippen LogP contribution in [0.25, 0.3) is 11.1 Å². The summed E-state index contributed by atoms with van der Waals surface area (Å²) < 4.78 is 5.81. The van der Waals surface area contributed by atoms with Gasteiger partial charge in [-0.25, -0.2) is 4.79 Å². The van der Waals surface area contributed by atoms with Crippen LogP contribution >= 0.6 is 15.9 Å². The number of ether oxygens (including phenoxy) is 1. The number of amides is 1. The zero-order valence-electron chi connectivity index (χ0n) is 19.1. The van der Waals surface area contributed by atoms with Crippen molar-refractivity contribution in [2.75, 3.05) is 12.0 Å². The Morgan fingerprint density at radius 1 is 0.800 bits per heavy atom. The van der Waals surface area contributed by atoms with Crippen LogP contribution in [-0.4, -0.2) is 19.0 Å². The number of esters is 1. The molecule has 0 aliphatic carbocycles. The molecule has 1 aliphatic heterocycles.